The Labute approximate surface area is 203 Å². The third-order valence-corrected chi connectivity index (χ3v) is 6.89. The lowest BCUT2D eigenvalue weighted by atomic mass is 10.0. The Balaban J connectivity index is 1.32. The first-order chi connectivity index (χ1) is 16.3. The lowest BCUT2D eigenvalue weighted by molar-refractivity contribution is -0.147. The third-order valence-electron chi connectivity index (χ3n) is 6.48. The molecule has 0 bridgehead atoms. The topological polar surface area (TPSA) is 99.2 Å². The van der Waals surface area contributed by atoms with Crippen molar-refractivity contribution in [3.63, 3.8) is 0 Å². The first-order valence-electron chi connectivity index (χ1n) is 11.4. The molecule has 0 aromatic heterocycles. The van der Waals surface area contributed by atoms with Crippen molar-refractivity contribution in [3.8, 4) is 0 Å². The first-order valence-corrected chi connectivity index (χ1v) is 11.8. The number of benzene rings is 2. The number of aryl methyl sites for hydroxylation is 1. The van der Waals surface area contributed by atoms with Crippen molar-refractivity contribution in [2.45, 2.75) is 44.8 Å². The van der Waals surface area contributed by atoms with Crippen LogP contribution in [0.15, 0.2) is 42.5 Å². The first kappa shape index (κ1) is 23.9. The Bertz CT molecular complexity index is 1080. The highest BCUT2D eigenvalue weighted by Gasteiger charge is 2.33. The van der Waals surface area contributed by atoms with E-state index in [2.05, 4.69) is 5.32 Å². The van der Waals surface area contributed by atoms with Gasteiger partial charge in [-0.1, -0.05) is 41.9 Å². The van der Waals surface area contributed by atoms with Crippen molar-refractivity contribution in [1.82, 2.24) is 9.80 Å². The van der Waals surface area contributed by atoms with E-state index in [1.165, 1.54) is 4.90 Å². The van der Waals surface area contributed by atoms with Crippen LogP contribution in [0.1, 0.15) is 29.5 Å². The van der Waals surface area contributed by atoms with E-state index in [1.54, 1.807) is 18.2 Å². The molecule has 2 aromatic carbocycles. The largest absolute Gasteiger partial charge is 0.478 e. The minimum absolute atomic E-state index is 0.00309. The molecule has 2 N–H and O–H groups in total. The van der Waals surface area contributed by atoms with Crippen molar-refractivity contribution >= 4 is 35.4 Å². The van der Waals surface area contributed by atoms with Crippen molar-refractivity contribution in [1.29, 1.82) is 0 Å². The zero-order chi connectivity index (χ0) is 24.2. The highest BCUT2D eigenvalue weighted by atomic mass is 35.5. The molecule has 2 aromatic rings. The van der Waals surface area contributed by atoms with Gasteiger partial charge in [0.25, 0.3) is 0 Å². The normalized spacial score (nSPS) is 17.4. The maximum atomic E-state index is 12.8. The van der Waals surface area contributed by atoms with Crippen molar-refractivity contribution < 1.29 is 24.2 Å². The minimum Gasteiger partial charge on any atom is -0.478 e. The quantitative estimate of drug-likeness (QED) is 0.656. The molecule has 3 amide bonds. The summed E-state index contributed by atoms with van der Waals surface area (Å²) in [6.45, 7) is 3.25. The molecule has 1 saturated heterocycles. The second-order valence-corrected chi connectivity index (χ2v) is 9.15. The molecule has 1 atom stereocenters. The molecule has 8 nitrogen and oxygen atoms in total. The zero-order valence-electron chi connectivity index (χ0n) is 19.0. The number of hydrogen-bond donors (Lipinski definition) is 2. The lowest BCUT2D eigenvalue weighted by Crippen LogP contribution is -2.50. The number of anilines is 1. The molecule has 0 unspecified atom stereocenters. The maximum absolute atomic E-state index is 12.8. The van der Waals surface area contributed by atoms with E-state index in [0.29, 0.717) is 43.1 Å². The smallest absolute Gasteiger partial charge is 0.410 e. The molecule has 4 rings (SSSR count). The average Bonchev–Trinajstić information content (AvgIpc) is 2.99. The van der Waals surface area contributed by atoms with Crippen LogP contribution in [-0.4, -0.2) is 64.8 Å². The molecule has 34 heavy (non-hydrogen) atoms. The number of carbonyl (C=O) groups is 3. The third kappa shape index (κ3) is 5.44. The van der Waals surface area contributed by atoms with Crippen LogP contribution < -0.4 is 5.32 Å². The summed E-state index contributed by atoms with van der Waals surface area (Å²) in [7, 11) is 0. The molecule has 180 valence electrons. The molecule has 2 aliphatic heterocycles. The van der Waals surface area contributed by atoms with Crippen LogP contribution in [0.3, 0.4) is 0 Å². The number of carboxylic acids is 1. The fraction of sp³-hybridized carbons (Fsp3) is 0.400. The van der Waals surface area contributed by atoms with Gasteiger partial charge < -0.3 is 25.0 Å². The fourth-order valence-electron chi connectivity index (χ4n) is 4.45. The van der Waals surface area contributed by atoms with Crippen molar-refractivity contribution in [3.05, 3.63) is 64.2 Å². The summed E-state index contributed by atoms with van der Waals surface area (Å²) < 4.78 is 5.34. The number of fused-ring (bicyclic) bond motifs is 1. The number of para-hydroxylation sites is 1. The van der Waals surface area contributed by atoms with Gasteiger partial charge in [-0.05, 0) is 55.0 Å². The van der Waals surface area contributed by atoms with Crippen LogP contribution in [0.25, 0.3) is 0 Å². The predicted molar refractivity (Wildman–Crippen MR) is 128 cm³/mol. The molecule has 0 spiro atoms. The number of ether oxygens (including phenoxy) is 1. The number of likely N-dealkylation sites (tertiary alicyclic amines) is 1. The van der Waals surface area contributed by atoms with Gasteiger partial charge in [0.2, 0.25) is 6.10 Å². The number of aliphatic carboxylic acids is 1. The van der Waals surface area contributed by atoms with E-state index < -0.39 is 18.2 Å². The summed E-state index contributed by atoms with van der Waals surface area (Å²) in [4.78, 5) is 40.5. The SMILES string of the molecule is Cc1ccc(C[C@@H](OC(=O)N2CCC(N3CCc4ccccc4NC3=O)CC2)C(=O)O)cc1Cl. The van der Waals surface area contributed by atoms with E-state index in [-0.39, 0.29) is 18.5 Å². The van der Waals surface area contributed by atoms with Gasteiger partial charge in [-0.2, -0.15) is 0 Å². The number of carboxylic acid groups (broad SMARTS) is 1. The summed E-state index contributed by atoms with van der Waals surface area (Å²) in [5.74, 6) is -1.21. The fourth-order valence-corrected chi connectivity index (χ4v) is 4.65. The van der Waals surface area contributed by atoms with Crippen LogP contribution in [0.5, 0.6) is 0 Å². The Morgan fingerprint density at radius 3 is 2.62 bits per heavy atom. The number of amides is 3. The molecule has 0 radical (unpaired) electrons. The Morgan fingerprint density at radius 1 is 1.18 bits per heavy atom. The summed E-state index contributed by atoms with van der Waals surface area (Å²) >= 11 is 6.13. The average molecular weight is 486 g/mol. The van der Waals surface area contributed by atoms with Crippen LogP contribution in [0.2, 0.25) is 5.02 Å². The van der Waals surface area contributed by atoms with Crippen LogP contribution in [0.4, 0.5) is 15.3 Å². The van der Waals surface area contributed by atoms with E-state index in [0.717, 1.165) is 23.2 Å². The van der Waals surface area contributed by atoms with Crippen LogP contribution >= 0.6 is 11.6 Å². The zero-order valence-corrected chi connectivity index (χ0v) is 19.8. The monoisotopic (exact) mass is 485 g/mol. The van der Waals surface area contributed by atoms with Gasteiger partial charge in [0.15, 0.2) is 0 Å². The van der Waals surface area contributed by atoms with Gasteiger partial charge >= 0.3 is 18.1 Å². The van der Waals surface area contributed by atoms with Crippen LogP contribution in [-0.2, 0) is 22.4 Å². The summed E-state index contributed by atoms with van der Waals surface area (Å²) in [6, 6.07) is 12.9. The van der Waals surface area contributed by atoms with Gasteiger partial charge in [0.05, 0.1) is 0 Å². The van der Waals surface area contributed by atoms with Gasteiger partial charge in [-0.15, -0.1) is 0 Å². The number of piperidine rings is 1. The number of nitrogens with zero attached hydrogens (tertiary/aromatic N) is 2. The molecule has 1 fully saturated rings. The number of urea groups is 1. The second-order valence-electron chi connectivity index (χ2n) is 8.75. The number of rotatable bonds is 5. The van der Waals surface area contributed by atoms with Crippen molar-refractivity contribution in [2.75, 3.05) is 25.0 Å². The molecule has 2 aliphatic rings. The molecular formula is C25H28ClN3O5. The van der Waals surface area contributed by atoms with E-state index in [1.807, 2.05) is 36.1 Å². The second kappa shape index (κ2) is 10.3. The summed E-state index contributed by atoms with van der Waals surface area (Å²) in [5, 5.41) is 13.1. The maximum Gasteiger partial charge on any atom is 0.410 e. The highest BCUT2D eigenvalue weighted by molar-refractivity contribution is 6.31. The van der Waals surface area contributed by atoms with E-state index >= 15 is 0 Å². The minimum atomic E-state index is -1.31. The van der Waals surface area contributed by atoms with Crippen LogP contribution in [0, 0.1) is 6.92 Å². The van der Waals surface area contributed by atoms with Gasteiger partial charge in [-0.25, -0.2) is 14.4 Å². The van der Waals surface area contributed by atoms with Gasteiger partial charge in [0.1, 0.15) is 0 Å². The lowest BCUT2D eigenvalue weighted by Gasteiger charge is -2.37. The number of nitrogens with one attached hydrogen (secondary N) is 1. The highest BCUT2D eigenvalue weighted by Crippen LogP contribution is 2.25. The Hall–Kier alpha value is -3.26. The van der Waals surface area contributed by atoms with Crippen molar-refractivity contribution in [2.24, 2.45) is 0 Å². The Kier molecular flexibility index (Phi) is 7.26. The number of halogens is 1. The molecular weight excluding hydrogens is 458 g/mol. The summed E-state index contributed by atoms with van der Waals surface area (Å²) in [6.07, 6.45) is 0.0385. The van der Waals surface area contributed by atoms with E-state index in [4.69, 9.17) is 16.3 Å². The van der Waals surface area contributed by atoms with Gasteiger partial charge in [-0.3, -0.25) is 0 Å². The molecule has 0 saturated carbocycles. The Morgan fingerprint density at radius 2 is 1.91 bits per heavy atom. The number of carbonyl (C=O) groups excluding carboxylic acids is 2. The predicted octanol–water partition coefficient (Wildman–Crippen LogP) is 4.34. The standard InChI is InChI=1S/C25H28ClN3O5/c1-16-6-7-17(14-20(16)26)15-22(23(30)31)34-25(33)28-11-9-19(10-12-28)29-13-8-18-4-2-3-5-21(18)27-24(29)32/h2-7,14,19,22H,8-13,15H2,1H3,(H,27,32)(H,30,31)/t22-/m1/s1. The molecule has 9 heteroatoms. The van der Waals surface area contributed by atoms with E-state index in [9.17, 15) is 19.5 Å². The molecule has 2 heterocycles. The van der Waals surface area contributed by atoms with Gasteiger partial charge in [0, 0.05) is 42.8 Å². The summed E-state index contributed by atoms with van der Waals surface area (Å²) in [5.41, 5.74) is 3.52. The number of hydrogen-bond acceptors (Lipinski definition) is 4. The molecule has 0 aliphatic carbocycles.